The van der Waals surface area contributed by atoms with Crippen LogP contribution in [0, 0.1) is 0 Å². The maximum absolute atomic E-state index is 12.4. The first-order valence-corrected chi connectivity index (χ1v) is 12.4. The van der Waals surface area contributed by atoms with Gasteiger partial charge in [0.05, 0.1) is 18.8 Å². The van der Waals surface area contributed by atoms with E-state index in [1.165, 1.54) is 11.8 Å². The van der Waals surface area contributed by atoms with E-state index in [-0.39, 0.29) is 18.1 Å². The quantitative estimate of drug-likeness (QED) is 0.758. The zero-order valence-electron chi connectivity index (χ0n) is 18.1. The number of piperidine rings is 1. The van der Waals surface area contributed by atoms with Crippen LogP contribution in [0.4, 0.5) is 11.4 Å². The van der Waals surface area contributed by atoms with Crippen LogP contribution < -0.4 is 20.3 Å². The molecule has 4 rings (SSSR count). The number of hydrogen-bond donors (Lipinski definition) is 2. The van der Waals surface area contributed by atoms with E-state index in [0.29, 0.717) is 5.75 Å². The summed E-state index contributed by atoms with van der Waals surface area (Å²) in [6.07, 6.45) is 3.48. The number of benzene rings is 2. The van der Waals surface area contributed by atoms with E-state index < -0.39 is 15.1 Å². The Hall–Kier alpha value is -2.25. The van der Waals surface area contributed by atoms with Crippen LogP contribution in [0.2, 0.25) is 0 Å². The molecule has 0 aromatic heterocycles. The summed E-state index contributed by atoms with van der Waals surface area (Å²) in [6.45, 7) is 2.92. The lowest BCUT2D eigenvalue weighted by Gasteiger charge is -2.40. The van der Waals surface area contributed by atoms with Gasteiger partial charge < -0.3 is 20.3 Å². The molecule has 1 fully saturated rings. The van der Waals surface area contributed by atoms with Gasteiger partial charge in [-0.15, -0.1) is 0 Å². The van der Waals surface area contributed by atoms with Crippen molar-refractivity contribution in [3.8, 4) is 5.75 Å². The molecular formula is C23H31N3O3S. The van der Waals surface area contributed by atoms with Gasteiger partial charge in [0.2, 0.25) is 0 Å². The Morgan fingerprint density at radius 1 is 1.17 bits per heavy atom. The fraction of sp³-hybridized carbons (Fsp3) is 0.478. The van der Waals surface area contributed by atoms with Gasteiger partial charge in [-0.25, -0.2) is 8.42 Å². The molecule has 2 N–H and O–H groups in total. The molecule has 30 heavy (non-hydrogen) atoms. The summed E-state index contributed by atoms with van der Waals surface area (Å²) in [4.78, 5) is 2.28. The van der Waals surface area contributed by atoms with E-state index in [1.54, 1.807) is 7.11 Å². The first-order valence-electron chi connectivity index (χ1n) is 10.5. The molecule has 2 unspecified atom stereocenters. The highest BCUT2D eigenvalue weighted by Gasteiger charge is 2.38. The molecule has 0 spiro atoms. The number of rotatable bonds is 5. The van der Waals surface area contributed by atoms with E-state index in [1.807, 2.05) is 25.1 Å². The Morgan fingerprint density at radius 2 is 1.90 bits per heavy atom. The molecule has 2 aromatic rings. The van der Waals surface area contributed by atoms with Gasteiger partial charge in [-0.2, -0.15) is 0 Å². The van der Waals surface area contributed by atoms with E-state index >= 15 is 0 Å². The van der Waals surface area contributed by atoms with Crippen LogP contribution in [0.5, 0.6) is 5.75 Å². The van der Waals surface area contributed by atoms with Crippen LogP contribution in [-0.2, 0) is 9.84 Å². The van der Waals surface area contributed by atoms with E-state index in [0.717, 1.165) is 36.3 Å². The highest BCUT2D eigenvalue weighted by molar-refractivity contribution is 7.91. The summed E-state index contributed by atoms with van der Waals surface area (Å²) < 4.78 is 30.5. The SMILES string of the molecule is COc1cc2c(cc1N(C)C1CCCNC1c1ccccc1)N[C@H](C)[C@@H]2S(C)(=O)=O. The maximum atomic E-state index is 12.4. The molecule has 6 nitrogen and oxygen atoms in total. The summed E-state index contributed by atoms with van der Waals surface area (Å²) in [7, 11) is 0.518. The summed E-state index contributed by atoms with van der Waals surface area (Å²) >= 11 is 0. The number of ether oxygens (including phenoxy) is 1. The third kappa shape index (κ3) is 3.76. The van der Waals surface area contributed by atoms with Gasteiger partial charge in [0.15, 0.2) is 9.84 Å². The average Bonchev–Trinajstić information content (AvgIpc) is 3.07. The minimum atomic E-state index is -3.23. The van der Waals surface area contributed by atoms with Gasteiger partial charge in [0, 0.05) is 31.1 Å². The zero-order valence-corrected chi connectivity index (χ0v) is 18.9. The fourth-order valence-corrected chi connectivity index (χ4v) is 6.51. The van der Waals surface area contributed by atoms with Gasteiger partial charge in [0.1, 0.15) is 11.0 Å². The average molecular weight is 430 g/mol. The van der Waals surface area contributed by atoms with Gasteiger partial charge in [-0.1, -0.05) is 30.3 Å². The minimum Gasteiger partial charge on any atom is -0.495 e. The largest absolute Gasteiger partial charge is 0.495 e. The van der Waals surface area contributed by atoms with Crippen molar-refractivity contribution < 1.29 is 13.2 Å². The molecular weight excluding hydrogens is 398 g/mol. The second kappa shape index (κ2) is 8.12. The van der Waals surface area contributed by atoms with Gasteiger partial charge in [0.25, 0.3) is 0 Å². The van der Waals surface area contributed by atoms with Crippen molar-refractivity contribution in [3.05, 3.63) is 53.6 Å². The number of hydrogen-bond acceptors (Lipinski definition) is 6. The number of anilines is 2. The lowest BCUT2D eigenvalue weighted by atomic mass is 9.91. The van der Waals surface area contributed by atoms with Crippen molar-refractivity contribution in [1.82, 2.24) is 5.32 Å². The van der Waals surface area contributed by atoms with Crippen molar-refractivity contribution in [1.29, 1.82) is 0 Å². The first-order chi connectivity index (χ1) is 14.3. The second-order valence-electron chi connectivity index (χ2n) is 8.46. The topological polar surface area (TPSA) is 70.7 Å². The number of nitrogens with one attached hydrogen (secondary N) is 2. The van der Waals surface area contributed by atoms with E-state index in [4.69, 9.17) is 4.74 Å². The van der Waals surface area contributed by atoms with Crippen LogP contribution in [0.1, 0.15) is 42.2 Å². The van der Waals surface area contributed by atoms with Crippen LogP contribution >= 0.6 is 0 Å². The highest BCUT2D eigenvalue weighted by Crippen LogP contribution is 2.46. The van der Waals surface area contributed by atoms with Crippen molar-refractivity contribution in [2.45, 2.75) is 43.1 Å². The van der Waals surface area contributed by atoms with Crippen LogP contribution in [-0.4, -0.2) is 47.5 Å². The lowest BCUT2D eigenvalue weighted by Crippen LogP contribution is -2.47. The Morgan fingerprint density at radius 3 is 2.57 bits per heavy atom. The van der Waals surface area contributed by atoms with E-state index in [2.05, 4.69) is 46.8 Å². The zero-order chi connectivity index (χ0) is 21.5. The number of sulfone groups is 1. The van der Waals surface area contributed by atoms with Crippen molar-refractivity contribution >= 4 is 21.2 Å². The van der Waals surface area contributed by atoms with Gasteiger partial charge in [-0.05, 0) is 49.6 Å². The molecule has 4 atom stereocenters. The van der Waals surface area contributed by atoms with Crippen molar-refractivity contribution in [2.24, 2.45) is 0 Å². The molecule has 0 bridgehead atoms. The number of methoxy groups -OCH3 is 1. The van der Waals surface area contributed by atoms with E-state index in [9.17, 15) is 8.42 Å². The predicted molar refractivity (Wildman–Crippen MR) is 122 cm³/mol. The third-order valence-corrected chi connectivity index (χ3v) is 8.00. The number of likely N-dealkylation sites (N-methyl/N-ethyl adjacent to an activating group) is 1. The number of fused-ring (bicyclic) bond motifs is 1. The molecule has 162 valence electrons. The van der Waals surface area contributed by atoms with Gasteiger partial charge >= 0.3 is 0 Å². The minimum absolute atomic E-state index is 0.173. The highest BCUT2D eigenvalue weighted by atomic mass is 32.2. The van der Waals surface area contributed by atoms with Gasteiger partial charge in [-0.3, -0.25) is 0 Å². The van der Waals surface area contributed by atoms with Crippen LogP contribution in [0.25, 0.3) is 0 Å². The monoisotopic (exact) mass is 429 g/mol. The summed E-state index contributed by atoms with van der Waals surface area (Å²) in [6, 6.07) is 14.8. The van der Waals surface area contributed by atoms with Crippen molar-refractivity contribution in [3.63, 3.8) is 0 Å². The molecule has 0 amide bonds. The maximum Gasteiger partial charge on any atom is 0.156 e. The predicted octanol–water partition coefficient (Wildman–Crippen LogP) is 3.52. The first kappa shape index (κ1) is 21.0. The summed E-state index contributed by atoms with van der Waals surface area (Å²) in [5.41, 5.74) is 3.92. The molecule has 2 heterocycles. The van der Waals surface area contributed by atoms with Crippen molar-refractivity contribution in [2.75, 3.05) is 37.2 Å². The smallest absolute Gasteiger partial charge is 0.156 e. The number of nitrogens with zero attached hydrogens (tertiary/aromatic N) is 1. The lowest BCUT2D eigenvalue weighted by molar-refractivity contribution is 0.344. The molecule has 2 aliphatic rings. The summed E-state index contributed by atoms with van der Waals surface area (Å²) in [5.74, 6) is 0.707. The molecule has 0 radical (unpaired) electrons. The van der Waals surface area contributed by atoms with Crippen LogP contribution in [0.15, 0.2) is 42.5 Å². The second-order valence-corrected chi connectivity index (χ2v) is 10.6. The Bertz CT molecular complexity index is 1010. The Labute approximate surface area is 179 Å². The third-order valence-electron chi connectivity index (χ3n) is 6.42. The Kier molecular flexibility index (Phi) is 5.68. The fourth-order valence-electron chi connectivity index (χ4n) is 5.04. The molecule has 1 saturated heterocycles. The molecule has 2 aromatic carbocycles. The Balaban J connectivity index is 1.72. The molecule has 0 saturated carbocycles. The molecule has 2 aliphatic heterocycles. The standard InChI is InChI=1S/C23H31N3O3S/c1-15-23(30(4,27)28)17-13-21(29-3)20(14-18(17)25-15)26(2)19-11-8-12-24-22(19)16-9-6-5-7-10-16/h5-7,9-10,13-15,19,22-25H,8,11-12H2,1-4H3/t15-,19?,22?,23+/m1/s1. The molecule has 0 aliphatic carbocycles. The van der Waals surface area contributed by atoms with Crippen LogP contribution in [0.3, 0.4) is 0 Å². The summed E-state index contributed by atoms with van der Waals surface area (Å²) in [5, 5.41) is 6.49. The normalized spacial score (nSPS) is 26.0. The molecule has 7 heteroatoms.